The molecule has 3 saturated heterocycles. The second kappa shape index (κ2) is 12.5. The largest absolute Gasteiger partial charge is 0.506 e. The number of rotatable bonds is 10. The molecular formula is C43H56O8. The summed E-state index contributed by atoms with van der Waals surface area (Å²) in [6, 6.07) is 0. The van der Waals surface area contributed by atoms with E-state index in [4.69, 9.17) is 28.4 Å². The van der Waals surface area contributed by atoms with Crippen molar-refractivity contribution in [2.75, 3.05) is 14.2 Å². The Hall–Kier alpha value is -3.17. The highest BCUT2D eigenvalue weighted by Gasteiger charge is 2.83. The summed E-state index contributed by atoms with van der Waals surface area (Å²) in [7, 11) is 3.25. The lowest BCUT2D eigenvalue weighted by atomic mass is 9.59. The average Bonchev–Trinajstić information content (AvgIpc) is 3.12. The van der Waals surface area contributed by atoms with Crippen LogP contribution in [0.5, 0.6) is 17.2 Å². The molecule has 51 heavy (non-hydrogen) atoms. The monoisotopic (exact) mass is 700 g/mol. The zero-order chi connectivity index (χ0) is 36.8. The minimum absolute atomic E-state index is 0.0477. The van der Waals surface area contributed by atoms with Crippen LogP contribution < -0.4 is 9.47 Å². The predicted octanol–water partition coefficient (Wildman–Crippen LogP) is 8.61. The van der Waals surface area contributed by atoms with Crippen LogP contribution in [0.2, 0.25) is 0 Å². The maximum atomic E-state index is 15.3. The number of hydrogen-bond donors (Lipinski definition) is 1. The maximum Gasteiger partial charge on any atom is 0.200 e. The molecule has 6 bridgehead atoms. The van der Waals surface area contributed by atoms with Gasteiger partial charge in [-0.25, -0.2) is 0 Å². The third-order valence-electron chi connectivity index (χ3n) is 12.4. The molecule has 1 spiro atoms. The predicted molar refractivity (Wildman–Crippen MR) is 197 cm³/mol. The van der Waals surface area contributed by atoms with Crippen LogP contribution in [0.3, 0.4) is 0 Å². The zero-order valence-corrected chi connectivity index (χ0v) is 32.3. The van der Waals surface area contributed by atoms with E-state index in [9.17, 15) is 5.11 Å². The van der Waals surface area contributed by atoms with Crippen molar-refractivity contribution in [2.45, 2.75) is 135 Å². The number of phenols is 1. The third kappa shape index (κ3) is 5.25. The van der Waals surface area contributed by atoms with Gasteiger partial charge in [0.15, 0.2) is 17.7 Å². The molecule has 0 radical (unpaired) electrons. The molecule has 0 aromatic heterocycles. The number of Topliss-reactive ketones (excluding diaryl/α,β-unsaturated/α-hetero) is 1. The summed E-state index contributed by atoms with van der Waals surface area (Å²) in [6.45, 7) is 18.8. The summed E-state index contributed by atoms with van der Waals surface area (Å²) in [4.78, 5) is 15.3. The normalized spacial score (nSPS) is 35.0. The Balaban J connectivity index is 1.47. The number of phenolic OH excluding ortho intramolecular Hbond substituents is 1. The standard InChI is InChI=1S/C43H56O8/c1-23(2)13-12-18-41(9)19-17-28-33(44)32-34(45)31-22-27-21-30-26(6)48-38(27)42(20-16-25(5)39(46-10)47-11)43(31,37(30)40(7,8)51-42)50-36(32)29(35(28)49-41)15-14-24(3)4/h13-14,16-17,19,22,26-27,30,37-39,44H,12,15,18,20-21H2,1-11H3/b25-16-/t26?,27-,30?,37-,38-,41+,42-,43?/m0/s1. The topological polar surface area (TPSA) is 92.7 Å². The van der Waals surface area contributed by atoms with Crippen molar-refractivity contribution in [3.8, 4) is 17.2 Å². The van der Waals surface area contributed by atoms with Gasteiger partial charge in [-0.2, -0.15) is 0 Å². The van der Waals surface area contributed by atoms with Crippen LogP contribution >= 0.6 is 0 Å². The fourth-order valence-electron chi connectivity index (χ4n) is 10.4. The molecule has 8 nitrogen and oxygen atoms in total. The Morgan fingerprint density at radius 3 is 2.39 bits per heavy atom. The molecule has 8 heteroatoms. The van der Waals surface area contributed by atoms with E-state index < -0.39 is 28.7 Å². The Kier molecular flexibility index (Phi) is 8.85. The van der Waals surface area contributed by atoms with Gasteiger partial charge in [-0.3, -0.25) is 4.79 Å². The summed E-state index contributed by atoms with van der Waals surface area (Å²) in [5.74, 6) is 0.475. The van der Waals surface area contributed by atoms with Gasteiger partial charge in [0, 0.05) is 43.6 Å². The zero-order valence-electron chi connectivity index (χ0n) is 32.3. The summed E-state index contributed by atoms with van der Waals surface area (Å²) >= 11 is 0. The quantitative estimate of drug-likeness (QED) is 0.192. The van der Waals surface area contributed by atoms with Crippen LogP contribution in [-0.2, 0) is 25.4 Å². The van der Waals surface area contributed by atoms with Crippen LogP contribution in [0.25, 0.3) is 6.08 Å². The van der Waals surface area contributed by atoms with E-state index in [2.05, 4.69) is 79.7 Å². The van der Waals surface area contributed by atoms with Gasteiger partial charge in [-0.1, -0.05) is 35.5 Å². The number of ether oxygens (including phenoxy) is 6. The van der Waals surface area contributed by atoms with E-state index in [0.29, 0.717) is 35.5 Å². The highest BCUT2D eigenvalue weighted by atomic mass is 16.7. The Labute approximate surface area is 303 Å². The smallest absolute Gasteiger partial charge is 0.200 e. The van der Waals surface area contributed by atoms with Crippen LogP contribution in [0.4, 0.5) is 0 Å². The minimum Gasteiger partial charge on any atom is -0.506 e. The first kappa shape index (κ1) is 36.2. The fourth-order valence-corrected chi connectivity index (χ4v) is 10.4. The average molecular weight is 701 g/mol. The van der Waals surface area contributed by atoms with Gasteiger partial charge in [-0.05, 0) is 112 Å². The van der Waals surface area contributed by atoms with Gasteiger partial charge in [0.1, 0.15) is 34.0 Å². The Bertz CT molecular complexity index is 1780. The van der Waals surface area contributed by atoms with Crippen LogP contribution in [-0.4, -0.2) is 66.0 Å². The number of hydrogen-bond acceptors (Lipinski definition) is 8. The van der Waals surface area contributed by atoms with Crippen LogP contribution in [0, 0.1) is 17.8 Å². The van der Waals surface area contributed by atoms with Crippen LogP contribution in [0.15, 0.2) is 52.7 Å². The first-order valence-electron chi connectivity index (χ1n) is 18.6. The van der Waals surface area contributed by atoms with Crippen molar-refractivity contribution in [1.29, 1.82) is 0 Å². The molecule has 8 aliphatic rings. The van der Waals surface area contributed by atoms with E-state index in [1.807, 2.05) is 19.1 Å². The van der Waals surface area contributed by atoms with Crippen molar-refractivity contribution < 1.29 is 38.3 Å². The van der Waals surface area contributed by atoms with Gasteiger partial charge < -0.3 is 33.5 Å². The second-order valence-electron chi connectivity index (χ2n) is 16.9. The number of benzene rings is 1. The molecule has 1 aromatic rings. The molecule has 5 heterocycles. The lowest BCUT2D eigenvalue weighted by Crippen LogP contribution is -2.69. The van der Waals surface area contributed by atoms with Crippen molar-refractivity contribution in [3.63, 3.8) is 0 Å². The van der Waals surface area contributed by atoms with E-state index in [0.717, 1.165) is 36.0 Å². The Morgan fingerprint density at radius 2 is 1.73 bits per heavy atom. The van der Waals surface area contributed by atoms with E-state index in [1.54, 1.807) is 14.2 Å². The van der Waals surface area contributed by atoms with Gasteiger partial charge >= 0.3 is 0 Å². The fraction of sp³-hybridized carbons (Fsp3) is 0.605. The summed E-state index contributed by atoms with van der Waals surface area (Å²) in [5, 5.41) is 12.1. The molecule has 8 atom stereocenters. The van der Waals surface area contributed by atoms with E-state index in [-0.39, 0.29) is 47.1 Å². The molecule has 276 valence electrons. The van der Waals surface area contributed by atoms with Gasteiger partial charge in [-0.15, -0.1) is 0 Å². The SMILES string of the molecule is COC(OC)/C(C)=C\C[C@@]12OC(C)(C)[C@@H]3C4C[C@@H](C=C5C(=O)c6c(O)c7c(c(CC=C(C)C)c6OC531)O[C@](C)(CCC=C(C)C)C=C7)[C@@H]2OC4C. The minimum atomic E-state index is -1.18. The molecule has 4 fully saturated rings. The molecule has 1 N–H and O–H groups in total. The number of allylic oxidation sites excluding steroid dienone is 4. The van der Waals surface area contributed by atoms with Crippen LogP contribution in [0.1, 0.15) is 109 Å². The summed E-state index contributed by atoms with van der Waals surface area (Å²) in [5.41, 5.74) is 1.85. The highest BCUT2D eigenvalue weighted by Crippen LogP contribution is 2.72. The summed E-state index contributed by atoms with van der Waals surface area (Å²) in [6.07, 6.45) is 14.9. The molecule has 0 amide bonds. The van der Waals surface area contributed by atoms with Gasteiger partial charge in [0.2, 0.25) is 0 Å². The maximum absolute atomic E-state index is 15.3. The second-order valence-corrected chi connectivity index (χ2v) is 16.9. The van der Waals surface area contributed by atoms with E-state index >= 15 is 4.79 Å². The lowest BCUT2D eigenvalue weighted by molar-refractivity contribution is -0.246. The van der Waals surface area contributed by atoms with E-state index in [1.165, 1.54) is 5.57 Å². The molecule has 9 rings (SSSR count). The number of fused-ring (bicyclic) bond motifs is 3. The van der Waals surface area contributed by atoms with Crippen molar-refractivity contribution >= 4 is 11.9 Å². The molecule has 1 saturated carbocycles. The number of carbonyl (C=O) groups is 1. The lowest BCUT2D eigenvalue weighted by Gasteiger charge is -2.54. The molecule has 3 aliphatic carbocycles. The number of aromatic hydroxyl groups is 1. The highest BCUT2D eigenvalue weighted by molar-refractivity contribution is 6.16. The number of methoxy groups -OCH3 is 2. The number of ketones is 1. The molecular weight excluding hydrogens is 644 g/mol. The molecule has 3 unspecified atom stereocenters. The van der Waals surface area contributed by atoms with Gasteiger partial charge in [0.25, 0.3) is 0 Å². The first-order chi connectivity index (χ1) is 24.0. The number of carbonyl (C=O) groups excluding carboxylic acids is 1. The molecule has 5 aliphatic heterocycles. The van der Waals surface area contributed by atoms with Crippen molar-refractivity contribution in [2.24, 2.45) is 17.8 Å². The first-order valence-corrected chi connectivity index (χ1v) is 18.6. The van der Waals surface area contributed by atoms with Gasteiger partial charge in [0.05, 0.1) is 23.4 Å². The summed E-state index contributed by atoms with van der Waals surface area (Å²) < 4.78 is 40.1. The third-order valence-corrected chi connectivity index (χ3v) is 12.4. The molecule has 1 aromatic carbocycles. The van der Waals surface area contributed by atoms with Crippen molar-refractivity contribution in [3.05, 3.63) is 69.4 Å². The Morgan fingerprint density at radius 1 is 1.02 bits per heavy atom. The van der Waals surface area contributed by atoms with Crippen molar-refractivity contribution in [1.82, 2.24) is 0 Å².